The van der Waals surface area contributed by atoms with Gasteiger partial charge in [-0.2, -0.15) is 0 Å². The molecule has 0 aliphatic rings. The second kappa shape index (κ2) is 6.67. The van der Waals surface area contributed by atoms with Crippen LogP contribution in [0.25, 0.3) is 11.3 Å². The van der Waals surface area contributed by atoms with E-state index in [2.05, 4.69) is 26.2 Å². The molecule has 0 spiro atoms. The lowest BCUT2D eigenvalue weighted by atomic mass is 10.1. The molecule has 0 bridgehead atoms. The van der Waals surface area contributed by atoms with E-state index in [9.17, 15) is 23.1 Å². The van der Waals surface area contributed by atoms with Gasteiger partial charge in [0, 0.05) is 21.7 Å². The van der Waals surface area contributed by atoms with Crippen molar-refractivity contribution in [2.24, 2.45) is 0 Å². The molecule has 0 fully saturated rings. The standard InChI is InChI=1S/C16H9BrF3N3O2/c17-10-2-1-8(13(20)5-10)7-23-15(14(16(24)25)21-22-23)9-3-11(18)6-12(19)4-9/h1-6H,7H2,(H,24,25). The van der Waals surface area contributed by atoms with Crippen molar-refractivity contribution in [1.29, 1.82) is 0 Å². The summed E-state index contributed by atoms with van der Waals surface area (Å²) in [5, 5.41) is 16.5. The molecule has 9 heteroatoms. The highest BCUT2D eigenvalue weighted by atomic mass is 79.9. The smallest absolute Gasteiger partial charge is 0.358 e. The van der Waals surface area contributed by atoms with Crippen LogP contribution in [0.3, 0.4) is 0 Å². The van der Waals surface area contributed by atoms with Gasteiger partial charge in [0.2, 0.25) is 0 Å². The number of aromatic carboxylic acids is 1. The Balaban J connectivity index is 2.13. The third-order valence-corrected chi connectivity index (χ3v) is 3.90. The zero-order valence-electron chi connectivity index (χ0n) is 12.4. The van der Waals surface area contributed by atoms with Crippen molar-refractivity contribution in [2.75, 3.05) is 0 Å². The van der Waals surface area contributed by atoms with E-state index in [1.165, 1.54) is 12.1 Å². The predicted molar refractivity (Wildman–Crippen MR) is 85.5 cm³/mol. The Morgan fingerprint density at radius 1 is 1.12 bits per heavy atom. The molecule has 0 unspecified atom stereocenters. The number of carboxylic acid groups (broad SMARTS) is 1. The molecular formula is C16H9BrF3N3O2. The van der Waals surface area contributed by atoms with Gasteiger partial charge in [0.25, 0.3) is 0 Å². The Labute approximate surface area is 147 Å². The first-order valence-corrected chi connectivity index (χ1v) is 7.71. The van der Waals surface area contributed by atoms with Gasteiger partial charge < -0.3 is 5.11 Å². The molecule has 0 aliphatic heterocycles. The third kappa shape index (κ3) is 3.55. The van der Waals surface area contributed by atoms with Crippen LogP contribution in [0.2, 0.25) is 0 Å². The Kier molecular flexibility index (Phi) is 4.58. The number of carboxylic acids is 1. The first kappa shape index (κ1) is 17.2. The number of aromatic nitrogens is 3. The maximum absolute atomic E-state index is 14.0. The summed E-state index contributed by atoms with van der Waals surface area (Å²) >= 11 is 3.14. The number of carbonyl (C=O) groups is 1. The molecule has 25 heavy (non-hydrogen) atoms. The Bertz CT molecular complexity index is 955. The first-order valence-electron chi connectivity index (χ1n) is 6.92. The van der Waals surface area contributed by atoms with Crippen molar-refractivity contribution >= 4 is 21.9 Å². The van der Waals surface area contributed by atoms with Gasteiger partial charge in [0.05, 0.1) is 6.54 Å². The van der Waals surface area contributed by atoms with Crippen LogP contribution in [0, 0.1) is 17.5 Å². The molecule has 0 saturated carbocycles. The molecule has 5 nitrogen and oxygen atoms in total. The topological polar surface area (TPSA) is 68.0 Å². The fourth-order valence-corrected chi connectivity index (χ4v) is 2.69. The minimum Gasteiger partial charge on any atom is -0.476 e. The number of hydrogen-bond acceptors (Lipinski definition) is 3. The van der Waals surface area contributed by atoms with E-state index in [1.807, 2.05) is 0 Å². The fourth-order valence-electron chi connectivity index (χ4n) is 2.36. The molecule has 1 aromatic heterocycles. The van der Waals surface area contributed by atoms with Gasteiger partial charge in [0.15, 0.2) is 5.69 Å². The number of hydrogen-bond donors (Lipinski definition) is 1. The summed E-state index contributed by atoms with van der Waals surface area (Å²) in [5.41, 5.74) is -0.448. The predicted octanol–water partition coefficient (Wildman–Crippen LogP) is 3.87. The Hall–Kier alpha value is -2.68. The average molecular weight is 412 g/mol. The van der Waals surface area contributed by atoms with Crippen LogP contribution < -0.4 is 0 Å². The highest BCUT2D eigenvalue weighted by molar-refractivity contribution is 9.10. The van der Waals surface area contributed by atoms with E-state index in [4.69, 9.17) is 0 Å². The summed E-state index contributed by atoms with van der Waals surface area (Å²) < 4.78 is 42.7. The minimum atomic E-state index is -1.41. The molecule has 128 valence electrons. The lowest BCUT2D eigenvalue weighted by Crippen LogP contribution is -2.08. The molecule has 2 aromatic carbocycles. The van der Waals surface area contributed by atoms with Crippen LogP contribution in [-0.4, -0.2) is 26.1 Å². The normalized spacial score (nSPS) is 10.9. The SMILES string of the molecule is O=C(O)c1nnn(Cc2ccc(Br)cc2F)c1-c1cc(F)cc(F)c1. The molecule has 1 heterocycles. The van der Waals surface area contributed by atoms with Crippen LogP contribution in [-0.2, 0) is 6.54 Å². The van der Waals surface area contributed by atoms with Crippen LogP contribution in [0.5, 0.6) is 0 Å². The molecule has 3 rings (SSSR count). The van der Waals surface area contributed by atoms with E-state index in [0.29, 0.717) is 10.5 Å². The van der Waals surface area contributed by atoms with Crippen molar-refractivity contribution in [3.05, 3.63) is 69.6 Å². The number of nitrogens with zero attached hydrogens (tertiary/aromatic N) is 3. The highest BCUT2D eigenvalue weighted by Crippen LogP contribution is 2.26. The summed E-state index contributed by atoms with van der Waals surface area (Å²) in [6, 6.07) is 6.91. The summed E-state index contributed by atoms with van der Waals surface area (Å²) in [6.07, 6.45) is 0. The molecule has 1 N–H and O–H groups in total. The van der Waals surface area contributed by atoms with Crippen LogP contribution in [0.1, 0.15) is 16.1 Å². The molecule has 0 saturated heterocycles. The Morgan fingerprint density at radius 2 is 1.80 bits per heavy atom. The zero-order chi connectivity index (χ0) is 18.1. The Morgan fingerprint density at radius 3 is 2.40 bits per heavy atom. The average Bonchev–Trinajstić information content (AvgIpc) is 2.93. The van der Waals surface area contributed by atoms with Gasteiger partial charge in [-0.25, -0.2) is 22.6 Å². The fraction of sp³-hybridized carbons (Fsp3) is 0.0625. The second-order valence-corrected chi connectivity index (χ2v) is 6.06. The van der Waals surface area contributed by atoms with Crippen molar-refractivity contribution < 1.29 is 23.1 Å². The first-order chi connectivity index (χ1) is 11.8. The van der Waals surface area contributed by atoms with E-state index >= 15 is 0 Å². The zero-order valence-corrected chi connectivity index (χ0v) is 14.0. The van der Waals surface area contributed by atoms with Crippen molar-refractivity contribution in [1.82, 2.24) is 15.0 Å². The lowest BCUT2D eigenvalue weighted by molar-refractivity contribution is 0.0691. The maximum Gasteiger partial charge on any atom is 0.358 e. The second-order valence-electron chi connectivity index (χ2n) is 5.14. The molecule has 0 amide bonds. The van der Waals surface area contributed by atoms with Crippen molar-refractivity contribution in [2.45, 2.75) is 6.54 Å². The lowest BCUT2D eigenvalue weighted by Gasteiger charge is -2.09. The van der Waals surface area contributed by atoms with Gasteiger partial charge in [-0.15, -0.1) is 5.10 Å². The highest BCUT2D eigenvalue weighted by Gasteiger charge is 2.22. The molecule has 3 aromatic rings. The van der Waals surface area contributed by atoms with Crippen LogP contribution in [0.15, 0.2) is 40.9 Å². The largest absolute Gasteiger partial charge is 0.476 e. The van der Waals surface area contributed by atoms with Crippen molar-refractivity contribution in [3.8, 4) is 11.3 Å². The molecule has 0 radical (unpaired) electrons. The maximum atomic E-state index is 14.0. The van der Waals surface area contributed by atoms with Gasteiger partial charge >= 0.3 is 5.97 Å². The van der Waals surface area contributed by atoms with Crippen molar-refractivity contribution in [3.63, 3.8) is 0 Å². The molecular weight excluding hydrogens is 403 g/mol. The van der Waals surface area contributed by atoms with Crippen LogP contribution >= 0.6 is 15.9 Å². The van der Waals surface area contributed by atoms with E-state index in [0.717, 1.165) is 16.8 Å². The van der Waals surface area contributed by atoms with E-state index in [1.54, 1.807) is 6.07 Å². The monoisotopic (exact) mass is 411 g/mol. The number of halogens is 4. The molecule has 0 aliphatic carbocycles. The van der Waals surface area contributed by atoms with Gasteiger partial charge in [-0.05, 0) is 24.3 Å². The summed E-state index contributed by atoms with van der Waals surface area (Å²) in [7, 11) is 0. The van der Waals surface area contributed by atoms with E-state index < -0.39 is 29.1 Å². The molecule has 0 atom stereocenters. The minimum absolute atomic E-state index is 0.0579. The van der Waals surface area contributed by atoms with Crippen LogP contribution in [0.4, 0.5) is 13.2 Å². The summed E-state index contributed by atoms with van der Waals surface area (Å²) in [5.74, 6) is -3.72. The van der Waals surface area contributed by atoms with Gasteiger partial charge in [0.1, 0.15) is 23.1 Å². The number of rotatable bonds is 4. The quantitative estimate of drug-likeness (QED) is 0.707. The summed E-state index contributed by atoms with van der Waals surface area (Å²) in [6.45, 7) is -0.160. The number of benzene rings is 2. The van der Waals surface area contributed by atoms with Gasteiger partial charge in [-0.1, -0.05) is 27.2 Å². The van der Waals surface area contributed by atoms with E-state index in [-0.39, 0.29) is 23.4 Å². The van der Waals surface area contributed by atoms with Gasteiger partial charge in [-0.3, -0.25) is 0 Å². The summed E-state index contributed by atoms with van der Waals surface area (Å²) in [4.78, 5) is 11.4. The third-order valence-electron chi connectivity index (χ3n) is 3.41.